The van der Waals surface area contributed by atoms with Crippen LogP contribution in [0.5, 0.6) is 11.5 Å². The second-order valence-corrected chi connectivity index (χ2v) is 9.10. The number of nitrogens with one attached hydrogen (secondary N) is 1. The molecular weight excluding hydrogens is 492 g/mol. The van der Waals surface area contributed by atoms with E-state index < -0.39 is 0 Å². The van der Waals surface area contributed by atoms with Gasteiger partial charge >= 0.3 is 0 Å². The maximum absolute atomic E-state index is 13.2. The second-order valence-electron chi connectivity index (χ2n) is 8.66. The molecular formula is C29H25ClN2O5. The van der Waals surface area contributed by atoms with Gasteiger partial charge in [0.2, 0.25) is 0 Å². The summed E-state index contributed by atoms with van der Waals surface area (Å²) in [5, 5.41) is 3.36. The Morgan fingerprint density at radius 2 is 1.68 bits per heavy atom. The molecule has 1 aromatic heterocycles. The Labute approximate surface area is 219 Å². The van der Waals surface area contributed by atoms with Crippen LogP contribution in [0.3, 0.4) is 0 Å². The number of hydrogen-bond donors (Lipinski definition) is 1. The predicted octanol–water partition coefficient (Wildman–Crippen LogP) is 6.07. The molecule has 2 heterocycles. The number of anilines is 1. The van der Waals surface area contributed by atoms with Crippen LogP contribution in [-0.2, 0) is 13.0 Å². The highest BCUT2D eigenvalue weighted by Crippen LogP contribution is 2.34. The maximum atomic E-state index is 13.2. The van der Waals surface area contributed by atoms with E-state index in [0.717, 1.165) is 16.7 Å². The average molecular weight is 517 g/mol. The molecule has 0 atom stereocenters. The Morgan fingerprint density at radius 1 is 0.919 bits per heavy atom. The van der Waals surface area contributed by atoms with Gasteiger partial charge in [0.15, 0.2) is 17.3 Å². The molecule has 8 heteroatoms. The highest BCUT2D eigenvalue weighted by Gasteiger charge is 2.26. The van der Waals surface area contributed by atoms with Crippen LogP contribution < -0.4 is 14.8 Å². The van der Waals surface area contributed by atoms with E-state index in [1.807, 2.05) is 24.3 Å². The van der Waals surface area contributed by atoms with E-state index in [1.54, 1.807) is 67.7 Å². The third-order valence-corrected chi connectivity index (χ3v) is 6.55. The molecule has 3 aromatic carbocycles. The molecule has 0 fully saturated rings. The van der Waals surface area contributed by atoms with E-state index in [-0.39, 0.29) is 17.6 Å². The van der Waals surface area contributed by atoms with Gasteiger partial charge in [-0.25, -0.2) is 0 Å². The number of carbonyl (C=O) groups is 2. The van der Waals surface area contributed by atoms with E-state index in [4.69, 9.17) is 25.5 Å². The zero-order chi connectivity index (χ0) is 25.9. The van der Waals surface area contributed by atoms with Gasteiger partial charge in [-0.2, -0.15) is 0 Å². The Balaban J connectivity index is 1.30. The van der Waals surface area contributed by atoms with Crippen molar-refractivity contribution in [1.82, 2.24) is 4.90 Å². The number of fused-ring (bicyclic) bond motifs is 1. The molecule has 0 saturated carbocycles. The van der Waals surface area contributed by atoms with E-state index >= 15 is 0 Å². The van der Waals surface area contributed by atoms with Crippen molar-refractivity contribution in [3.8, 4) is 22.8 Å². The van der Waals surface area contributed by atoms with Gasteiger partial charge in [-0.1, -0.05) is 29.8 Å². The third-order valence-electron chi connectivity index (χ3n) is 6.31. The van der Waals surface area contributed by atoms with Crippen molar-refractivity contribution in [2.24, 2.45) is 0 Å². The van der Waals surface area contributed by atoms with Gasteiger partial charge in [0.1, 0.15) is 5.76 Å². The van der Waals surface area contributed by atoms with Gasteiger partial charge in [-0.05, 0) is 72.1 Å². The zero-order valence-corrected chi connectivity index (χ0v) is 21.2. The van der Waals surface area contributed by atoms with Gasteiger partial charge in [0.05, 0.1) is 14.2 Å². The molecule has 1 aliphatic heterocycles. The smallest absolute Gasteiger partial charge is 0.289 e. The summed E-state index contributed by atoms with van der Waals surface area (Å²) in [5.41, 5.74) is 3.96. The summed E-state index contributed by atoms with van der Waals surface area (Å²) in [7, 11) is 3.21. The molecule has 7 nitrogen and oxygen atoms in total. The molecule has 2 amide bonds. The SMILES string of the molecule is COc1cc2c(cc1OC)CN(C(=O)c1ccc(-c3cccc(NC(=O)c4cccc(Cl)c4)c3)o1)CC2. The monoisotopic (exact) mass is 516 g/mol. The fraction of sp³-hybridized carbons (Fsp3) is 0.172. The van der Waals surface area contributed by atoms with Crippen LogP contribution in [0, 0.1) is 0 Å². The van der Waals surface area contributed by atoms with E-state index in [2.05, 4.69) is 5.32 Å². The van der Waals surface area contributed by atoms with Crippen molar-refractivity contribution >= 4 is 29.1 Å². The first-order valence-electron chi connectivity index (χ1n) is 11.8. The van der Waals surface area contributed by atoms with Gasteiger partial charge in [0.25, 0.3) is 11.8 Å². The lowest BCUT2D eigenvalue weighted by Crippen LogP contribution is -2.35. The normalized spacial score (nSPS) is 12.6. The molecule has 0 unspecified atom stereocenters. The molecule has 0 radical (unpaired) electrons. The lowest BCUT2D eigenvalue weighted by Gasteiger charge is -2.29. The van der Waals surface area contributed by atoms with Gasteiger partial charge in [0, 0.05) is 34.9 Å². The van der Waals surface area contributed by atoms with Crippen LogP contribution in [0.25, 0.3) is 11.3 Å². The Morgan fingerprint density at radius 3 is 2.43 bits per heavy atom. The minimum absolute atomic E-state index is 0.183. The maximum Gasteiger partial charge on any atom is 0.289 e. The minimum Gasteiger partial charge on any atom is -0.493 e. The van der Waals surface area contributed by atoms with Crippen LogP contribution in [0.15, 0.2) is 77.2 Å². The van der Waals surface area contributed by atoms with Gasteiger partial charge < -0.3 is 24.1 Å². The molecule has 1 N–H and O–H groups in total. The summed E-state index contributed by atoms with van der Waals surface area (Å²) in [6, 6.07) is 21.3. The van der Waals surface area contributed by atoms with Crippen molar-refractivity contribution in [2.75, 3.05) is 26.1 Å². The van der Waals surface area contributed by atoms with Crippen LogP contribution in [0.1, 0.15) is 32.0 Å². The third kappa shape index (κ3) is 5.17. The fourth-order valence-electron chi connectivity index (χ4n) is 4.40. The second kappa shape index (κ2) is 10.4. The van der Waals surface area contributed by atoms with Crippen LogP contribution in [0.4, 0.5) is 5.69 Å². The van der Waals surface area contributed by atoms with Crippen molar-refractivity contribution in [3.05, 3.63) is 100 Å². The first-order valence-corrected chi connectivity index (χ1v) is 12.1. The standard InChI is InChI=1S/C29H25ClN2O5/c1-35-26-15-18-11-12-32(17-21(18)16-27(26)36-2)29(34)25-10-9-24(37-25)19-5-4-8-23(14-19)31-28(33)20-6-3-7-22(30)13-20/h3-10,13-16H,11-12,17H2,1-2H3,(H,31,33). The molecule has 37 heavy (non-hydrogen) atoms. The highest BCUT2D eigenvalue weighted by atomic mass is 35.5. The molecule has 0 bridgehead atoms. The van der Waals surface area contributed by atoms with Gasteiger partial charge in [-0.15, -0.1) is 0 Å². The topological polar surface area (TPSA) is 81.0 Å². The summed E-state index contributed by atoms with van der Waals surface area (Å²) >= 11 is 6.00. The van der Waals surface area contributed by atoms with Crippen molar-refractivity contribution < 1.29 is 23.5 Å². The number of hydrogen-bond acceptors (Lipinski definition) is 5. The number of benzene rings is 3. The summed E-state index contributed by atoms with van der Waals surface area (Å²) in [5.74, 6) is 1.66. The minimum atomic E-state index is -0.269. The molecule has 0 saturated heterocycles. The first kappa shape index (κ1) is 24.5. The number of furan rings is 1. The number of rotatable bonds is 6. The lowest BCUT2D eigenvalue weighted by atomic mass is 9.98. The van der Waals surface area contributed by atoms with Crippen molar-refractivity contribution in [2.45, 2.75) is 13.0 Å². The molecule has 0 spiro atoms. The number of carbonyl (C=O) groups excluding carboxylic acids is 2. The fourth-order valence-corrected chi connectivity index (χ4v) is 4.59. The quantitative estimate of drug-likeness (QED) is 0.336. The molecule has 4 aromatic rings. The van der Waals surface area contributed by atoms with Crippen LogP contribution >= 0.6 is 11.6 Å². The molecule has 1 aliphatic rings. The average Bonchev–Trinajstić information content (AvgIpc) is 3.42. The number of nitrogens with zero attached hydrogens (tertiary/aromatic N) is 1. The van der Waals surface area contributed by atoms with Gasteiger partial charge in [-0.3, -0.25) is 9.59 Å². The Hall–Kier alpha value is -4.23. The largest absolute Gasteiger partial charge is 0.493 e. The molecule has 0 aliphatic carbocycles. The van der Waals surface area contributed by atoms with E-state index in [9.17, 15) is 9.59 Å². The number of amides is 2. The summed E-state index contributed by atoms with van der Waals surface area (Å²) in [6.45, 7) is 1.03. The summed E-state index contributed by atoms with van der Waals surface area (Å²) in [4.78, 5) is 27.6. The Kier molecular flexibility index (Phi) is 6.88. The highest BCUT2D eigenvalue weighted by molar-refractivity contribution is 6.31. The summed E-state index contributed by atoms with van der Waals surface area (Å²) in [6.07, 6.45) is 0.712. The van der Waals surface area contributed by atoms with Crippen LogP contribution in [0.2, 0.25) is 5.02 Å². The molecule has 188 valence electrons. The van der Waals surface area contributed by atoms with E-state index in [0.29, 0.717) is 53.0 Å². The predicted molar refractivity (Wildman–Crippen MR) is 142 cm³/mol. The lowest BCUT2D eigenvalue weighted by molar-refractivity contribution is 0.0703. The number of methoxy groups -OCH3 is 2. The first-order chi connectivity index (χ1) is 17.9. The Bertz CT molecular complexity index is 1480. The summed E-state index contributed by atoms with van der Waals surface area (Å²) < 4.78 is 16.8. The molecule has 5 rings (SSSR count). The van der Waals surface area contributed by atoms with Crippen molar-refractivity contribution in [1.29, 1.82) is 0 Å². The van der Waals surface area contributed by atoms with Crippen LogP contribution in [-0.4, -0.2) is 37.5 Å². The van der Waals surface area contributed by atoms with Crippen molar-refractivity contribution in [3.63, 3.8) is 0 Å². The van der Waals surface area contributed by atoms with E-state index in [1.165, 1.54) is 0 Å². The number of halogens is 1. The number of ether oxygens (including phenoxy) is 2. The zero-order valence-electron chi connectivity index (χ0n) is 20.4.